The molecule has 0 spiro atoms. The van der Waals surface area contributed by atoms with Crippen LogP contribution in [0.25, 0.3) is 0 Å². The molecule has 15 heavy (non-hydrogen) atoms. The van der Waals surface area contributed by atoms with Crippen molar-refractivity contribution in [1.82, 2.24) is 4.98 Å². The summed E-state index contributed by atoms with van der Waals surface area (Å²) in [6, 6.07) is 1.09. The Labute approximate surface area is 84.5 Å². The molecule has 0 radical (unpaired) electrons. The number of carboxylic acids is 1. The minimum absolute atomic E-state index is 0.181. The number of halogens is 2. The normalized spacial score (nSPS) is 10.4. The Bertz CT molecular complexity index is 368. The van der Waals surface area contributed by atoms with E-state index in [0.717, 1.165) is 6.07 Å². The van der Waals surface area contributed by atoms with E-state index < -0.39 is 18.0 Å². The average molecular weight is 217 g/mol. The third-order valence-electron chi connectivity index (χ3n) is 1.72. The fourth-order valence-corrected chi connectivity index (χ4v) is 1.11. The first-order valence-corrected chi connectivity index (χ1v) is 4.07. The summed E-state index contributed by atoms with van der Waals surface area (Å²) in [7, 11) is 1.23. The predicted octanol–water partition coefficient (Wildman–Crippen LogP) is 1.65. The van der Waals surface area contributed by atoms with Crippen molar-refractivity contribution in [2.45, 2.75) is 12.8 Å². The fourth-order valence-electron chi connectivity index (χ4n) is 1.11. The van der Waals surface area contributed by atoms with Crippen molar-refractivity contribution in [1.29, 1.82) is 0 Å². The Morgan fingerprint density at radius 1 is 1.67 bits per heavy atom. The number of ether oxygens (including phenoxy) is 1. The average Bonchev–Trinajstić information content (AvgIpc) is 2.16. The quantitative estimate of drug-likeness (QED) is 0.833. The van der Waals surface area contributed by atoms with Crippen molar-refractivity contribution in [3.8, 4) is 5.88 Å². The van der Waals surface area contributed by atoms with Crippen LogP contribution in [0.4, 0.5) is 8.78 Å². The van der Waals surface area contributed by atoms with Gasteiger partial charge in [-0.15, -0.1) is 0 Å². The second-order valence-corrected chi connectivity index (χ2v) is 2.81. The van der Waals surface area contributed by atoms with E-state index in [9.17, 15) is 13.6 Å². The molecule has 4 nitrogen and oxygen atoms in total. The Morgan fingerprint density at radius 2 is 2.33 bits per heavy atom. The first-order valence-electron chi connectivity index (χ1n) is 4.07. The zero-order valence-corrected chi connectivity index (χ0v) is 7.91. The number of nitrogens with zero attached hydrogens (tertiary/aromatic N) is 1. The standard InChI is InChI=1S/C9H9F2NO3/c1-15-9-6(8(10)11)2-5(4-12-9)3-7(13)14/h2,4,8H,3H2,1H3,(H,13,14). The molecule has 0 atom stereocenters. The van der Waals surface area contributed by atoms with Crippen LogP contribution < -0.4 is 4.74 Å². The van der Waals surface area contributed by atoms with Gasteiger partial charge in [-0.3, -0.25) is 4.79 Å². The molecule has 0 aromatic carbocycles. The number of carbonyl (C=O) groups is 1. The van der Waals surface area contributed by atoms with Crippen LogP contribution in [0, 0.1) is 0 Å². The van der Waals surface area contributed by atoms with E-state index in [1.807, 2.05) is 0 Å². The second kappa shape index (κ2) is 4.68. The van der Waals surface area contributed by atoms with Gasteiger partial charge in [0, 0.05) is 6.20 Å². The summed E-state index contributed by atoms with van der Waals surface area (Å²) in [5.41, 5.74) is -0.171. The zero-order valence-electron chi connectivity index (χ0n) is 7.91. The summed E-state index contributed by atoms with van der Waals surface area (Å²) < 4.78 is 29.6. The van der Waals surface area contributed by atoms with Crippen LogP contribution in [0.3, 0.4) is 0 Å². The molecule has 1 heterocycles. The molecule has 6 heteroatoms. The number of carboxylic acid groups (broad SMARTS) is 1. The SMILES string of the molecule is COc1ncc(CC(=O)O)cc1C(F)F. The molecule has 0 amide bonds. The van der Waals surface area contributed by atoms with Crippen LogP contribution in [-0.4, -0.2) is 23.2 Å². The van der Waals surface area contributed by atoms with Gasteiger partial charge in [-0.25, -0.2) is 13.8 Å². The number of aromatic nitrogens is 1. The number of rotatable bonds is 4. The summed E-state index contributed by atoms with van der Waals surface area (Å²) in [5.74, 6) is -1.28. The smallest absolute Gasteiger partial charge is 0.307 e. The molecule has 0 aliphatic heterocycles. The summed E-state index contributed by atoms with van der Waals surface area (Å²) in [6.07, 6.45) is -1.86. The number of hydrogen-bond acceptors (Lipinski definition) is 3. The predicted molar refractivity (Wildman–Crippen MR) is 47.1 cm³/mol. The highest BCUT2D eigenvalue weighted by molar-refractivity contribution is 5.70. The van der Waals surface area contributed by atoms with Gasteiger partial charge in [0.05, 0.1) is 19.1 Å². The first-order chi connectivity index (χ1) is 7.04. The molecule has 0 saturated carbocycles. The van der Waals surface area contributed by atoms with E-state index in [1.54, 1.807) is 0 Å². The summed E-state index contributed by atoms with van der Waals surface area (Å²) in [6.45, 7) is 0. The highest BCUT2D eigenvalue weighted by atomic mass is 19.3. The molecule has 1 N–H and O–H groups in total. The van der Waals surface area contributed by atoms with E-state index in [4.69, 9.17) is 5.11 Å². The van der Waals surface area contributed by atoms with E-state index in [1.165, 1.54) is 13.3 Å². The van der Waals surface area contributed by atoms with Crippen molar-refractivity contribution in [2.24, 2.45) is 0 Å². The maximum atomic E-state index is 12.5. The minimum Gasteiger partial charge on any atom is -0.481 e. The third kappa shape index (κ3) is 2.87. The molecule has 0 fully saturated rings. The van der Waals surface area contributed by atoms with Crippen LogP contribution in [0.2, 0.25) is 0 Å². The number of methoxy groups -OCH3 is 1. The van der Waals surface area contributed by atoms with Gasteiger partial charge >= 0.3 is 5.97 Å². The van der Waals surface area contributed by atoms with Gasteiger partial charge in [-0.05, 0) is 11.6 Å². The van der Waals surface area contributed by atoms with E-state index in [2.05, 4.69) is 9.72 Å². The summed E-state index contributed by atoms with van der Waals surface area (Å²) in [5, 5.41) is 8.48. The van der Waals surface area contributed by atoms with Gasteiger partial charge in [0.25, 0.3) is 6.43 Å². The van der Waals surface area contributed by atoms with Crippen LogP contribution >= 0.6 is 0 Å². The Morgan fingerprint density at radius 3 is 2.80 bits per heavy atom. The summed E-state index contributed by atoms with van der Waals surface area (Å²) >= 11 is 0. The van der Waals surface area contributed by atoms with Crippen molar-refractivity contribution >= 4 is 5.97 Å². The van der Waals surface area contributed by atoms with Gasteiger partial charge in [-0.1, -0.05) is 0 Å². The molecule has 0 bridgehead atoms. The largest absolute Gasteiger partial charge is 0.481 e. The number of alkyl halides is 2. The highest BCUT2D eigenvalue weighted by Crippen LogP contribution is 2.27. The van der Waals surface area contributed by atoms with Crippen molar-refractivity contribution in [2.75, 3.05) is 7.11 Å². The maximum absolute atomic E-state index is 12.5. The lowest BCUT2D eigenvalue weighted by Gasteiger charge is -2.07. The highest BCUT2D eigenvalue weighted by Gasteiger charge is 2.16. The maximum Gasteiger partial charge on any atom is 0.307 e. The number of aliphatic carboxylic acids is 1. The lowest BCUT2D eigenvalue weighted by Crippen LogP contribution is -2.03. The van der Waals surface area contributed by atoms with Crippen molar-refractivity contribution in [3.05, 3.63) is 23.4 Å². The van der Waals surface area contributed by atoms with Crippen LogP contribution in [0.5, 0.6) is 5.88 Å². The molecule has 1 aromatic rings. The van der Waals surface area contributed by atoms with Gasteiger partial charge < -0.3 is 9.84 Å². The molecule has 0 unspecified atom stereocenters. The van der Waals surface area contributed by atoms with Gasteiger partial charge in [0.15, 0.2) is 0 Å². The number of hydrogen-bond donors (Lipinski definition) is 1. The second-order valence-electron chi connectivity index (χ2n) is 2.81. The van der Waals surface area contributed by atoms with E-state index >= 15 is 0 Å². The Hall–Kier alpha value is -1.72. The van der Waals surface area contributed by atoms with Crippen LogP contribution in [0.1, 0.15) is 17.6 Å². The third-order valence-corrected chi connectivity index (χ3v) is 1.72. The molecular formula is C9H9F2NO3. The lowest BCUT2D eigenvalue weighted by molar-refractivity contribution is -0.136. The van der Waals surface area contributed by atoms with Gasteiger partial charge in [-0.2, -0.15) is 0 Å². The molecule has 0 saturated heterocycles. The molecular weight excluding hydrogens is 208 g/mol. The van der Waals surface area contributed by atoms with Gasteiger partial charge in [0.1, 0.15) is 0 Å². The molecule has 1 aromatic heterocycles. The Balaban J connectivity index is 3.04. The molecule has 82 valence electrons. The van der Waals surface area contributed by atoms with E-state index in [0.29, 0.717) is 0 Å². The lowest BCUT2D eigenvalue weighted by atomic mass is 10.1. The fraction of sp³-hybridized carbons (Fsp3) is 0.333. The molecule has 0 aliphatic carbocycles. The molecule has 0 aliphatic rings. The monoisotopic (exact) mass is 217 g/mol. The summed E-state index contributed by atoms with van der Waals surface area (Å²) in [4.78, 5) is 14.0. The van der Waals surface area contributed by atoms with Crippen molar-refractivity contribution in [3.63, 3.8) is 0 Å². The first kappa shape index (κ1) is 11.4. The molecule has 1 rings (SSSR count). The Kier molecular flexibility index (Phi) is 3.54. The minimum atomic E-state index is -2.74. The number of pyridine rings is 1. The van der Waals surface area contributed by atoms with Gasteiger partial charge in [0.2, 0.25) is 5.88 Å². The van der Waals surface area contributed by atoms with Crippen molar-refractivity contribution < 1.29 is 23.4 Å². The van der Waals surface area contributed by atoms with Crippen LogP contribution in [-0.2, 0) is 11.2 Å². The topological polar surface area (TPSA) is 59.4 Å². The van der Waals surface area contributed by atoms with E-state index in [-0.39, 0.29) is 17.9 Å². The zero-order chi connectivity index (χ0) is 11.4. The van der Waals surface area contributed by atoms with Crippen LogP contribution in [0.15, 0.2) is 12.3 Å².